The van der Waals surface area contributed by atoms with E-state index in [1.165, 1.54) is 0 Å². The van der Waals surface area contributed by atoms with Crippen LogP contribution in [0.3, 0.4) is 0 Å². The van der Waals surface area contributed by atoms with E-state index in [1.54, 1.807) is 12.1 Å². The summed E-state index contributed by atoms with van der Waals surface area (Å²) in [6.45, 7) is 0. The van der Waals surface area contributed by atoms with E-state index in [4.69, 9.17) is 11.6 Å². The molecular formula is C16H11ClN2O. The van der Waals surface area contributed by atoms with E-state index in [1.807, 2.05) is 42.5 Å². The summed E-state index contributed by atoms with van der Waals surface area (Å²) in [4.78, 5) is 20.9. The summed E-state index contributed by atoms with van der Waals surface area (Å²) in [6, 6.07) is 16.6. The van der Waals surface area contributed by atoms with Gasteiger partial charge in [0, 0.05) is 5.56 Å². The molecule has 1 aromatic heterocycles. The summed E-state index contributed by atoms with van der Waals surface area (Å²) in [5, 5.41) is 0.285. The molecule has 0 spiro atoms. The third-order valence-electron chi connectivity index (χ3n) is 3.02. The number of ketones is 1. The lowest BCUT2D eigenvalue weighted by molar-refractivity contribution is 0.0992. The highest BCUT2D eigenvalue weighted by Crippen LogP contribution is 2.18. The van der Waals surface area contributed by atoms with E-state index < -0.39 is 0 Å². The first-order valence-electron chi connectivity index (χ1n) is 6.23. The highest BCUT2D eigenvalue weighted by Gasteiger charge is 2.12. The Bertz CT molecular complexity index is 772. The molecule has 0 aliphatic rings. The van der Waals surface area contributed by atoms with Gasteiger partial charge in [-0.15, -0.1) is 0 Å². The zero-order chi connectivity index (χ0) is 13.9. The molecule has 0 aliphatic carbocycles. The molecule has 0 bridgehead atoms. The lowest BCUT2D eigenvalue weighted by atomic mass is 10.1. The highest BCUT2D eigenvalue weighted by molar-refractivity contribution is 6.30. The van der Waals surface area contributed by atoms with Gasteiger partial charge in [0.1, 0.15) is 0 Å². The number of nitrogens with zero attached hydrogens (tertiary/aromatic N) is 2. The summed E-state index contributed by atoms with van der Waals surface area (Å²) in [7, 11) is 0. The fourth-order valence-electron chi connectivity index (χ4n) is 2.01. The van der Waals surface area contributed by atoms with Crippen LogP contribution in [0.5, 0.6) is 0 Å². The number of carbonyl (C=O) groups excluding carboxylic acids is 1. The van der Waals surface area contributed by atoms with Gasteiger partial charge in [-0.25, -0.2) is 9.97 Å². The molecule has 0 unspecified atom stereocenters. The van der Waals surface area contributed by atoms with Gasteiger partial charge in [0.05, 0.1) is 23.1 Å². The summed E-state index contributed by atoms with van der Waals surface area (Å²) in [5.74, 6) is -0.0166. The minimum Gasteiger partial charge on any atom is -0.294 e. The number of hydrogen-bond donors (Lipinski definition) is 0. The first kappa shape index (κ1) is 12.8. The number of para-hydroxylation sites is 2. The van der Waals surface area contributed by atoms with Gasteiger partial charge in [-0.2, -0.15) is 0 Å². The molecule has 0 aliphatic heterocycles. The van der Waals surface area contributed by atoms with Crippen LogP contribution in [0.4, 0.5) is 0 Å². The molecule has 0 N–H and O–H groups in total. The van der Waals surface area contributed by atoms with Gasteiger partial charge in [-0.05, 0) is 12.1 Å². The zero-order valence-electron chi connectivity index (χ0n) is 10.6. The zero-order valence-corrected chi connectivity index (χ0v) is 11.3. The molecule has 1 heterocycles. The number of benzene rings is 2. The molecular weight excluding hydrogens is 272 g/mol. The second-order valence-corrected chi connectivity index (χ2v) is 4.77. The van der Waals surface area contributed by atoms with Crippen molar-refractivity contribution in [2.24, 2.45) is 0 Å². The van der Waals surface area contributed by atoms with Gasteiger partial charge in [-0.1, -0.05) is 54.1 Å². The molecule has 3 aromatic rings. The fourth-order valence-corrected chi connectivity index (χ4v) is 2.21. The largest absolute Gasteiger partial charge is 0.294 e. The van der Waals surface area contributed by atoms with Crippen molar-refractivity contribution in [3.63, 3.8) is 0 Å². The Morgan fingerprint density at radius 1 is 0.900 bits per heavy atom. The summed E-state index contributed by atoms with van der Waals surface area (Å²) >= 11 is 6.11. The van der Waals surface area contributed by atoms with E-state index in [-0.39, 0.29) is 17.4 Å². The number of Topliss-reactive ketones (excluding diaryl/α,β-unsaturated/α-hetero) is 1. The average molecular weight is 283 g/mol. The van der Waals surface area contributed by atoms with Crippen LogP contribution in [-0.2, 0) is 6.42 Å². The van der Waals surface area contributed by atoms with Crippen molar-refractivity contribution < 1.29 is 4.79 Å². The van der Waals surface area contributed by atoms with E-state index in [0.717, 1.165) is 11.0 Å². The first-order valence-corrected chi connectivity index (χ1v) is 6.61. The molecule has 0 fully saturated rings. The number of hydrogen-bond acceptors (Lipinski definition) is 3. The molecule has 3 rings (SSSR count). The Hall–Kier alpha value is -2.26. The van der Waals surface area contributed by atoms with Gasteiger partial charge in [-0.3, -0.25) is 4.79 Å². The minimum absolute atomic E-state index is 0.0166. The second-order valence-electron chi connectivity index (χ2n) is 4.42. The van der Waals surface area contributed by atoms with Crippen LogP contribution in [0.25, 0.3) is 11.0 Å². The van der Waals surface area contributed by atoms with Crippen molar-refractivity contribution in [3.8, 4) is 0 Å². The smallest absolute Gasteiger partial charge is 0.168 e. The Labute approximate surface area is 121 Å². The summed E-state index contributed by atoms with van der Waals surface area (Å²) < 4.78 is 0. The van der Waals surface area contributed by atoms with Gasteiger partial charge < -0.3 is 0 Å². The summed E-state index contributed by atoms with van der Waals surface area (Å²) in [6.07, 6.45) is 0.153. The summed E-state index contributed by atoms with van der Waals surface area (Å²) in [5.41, 5.74) is 2.64. The SMILES string of the molecule is O=C(Cc1nc2ccccc2nc1Cl)c1ccccc1. The molecule has 0 radical (unpaired) electrons. The second kappa shape index (κ2) is 5.39. The molecule has 0 saturated heterocycles. The third kappa shape index (κ3) is 2.53. The lowest BCUT2D eigenvalue weighted by Crippen LogP contribution is -2.06. The predicted molar refractivity (Wildman–Crippen MR) is 79.0 cm³/mol. The van der Waals surface area contributed by atoms with Crippen LogP contribution in [0, 0.1) is 0 Å². The van der Waals surface area contributed by atoms with Crippen molar-refractivity contribution >= 4 is 28.4 Å². The van der Waals surface area contributed by atoms with Crippen LogP contribution in [-0.4, -0.2) is 15.8 Å². The van der Waals surface area contributed by atoms with Crippen molar-refractivity contribution in [3.05, 3.63) is 71.0 Å². The Morgan fingerprint density at radius 3 is 2.20 bits per heavy atom. The Morgan fingerprint density at radius 2 is 1.50 bits per heavy atom. The Balaban J connectivity index is 1.95. The normalized spacial score (nSPS) is 10.7. The van der Waals surface area contributed by atoms with Crippen LogP contribution in [0.2, 0.25) is 5.15 Å². The standard InChI is InChI=1S/C16H11ClN2O/c17-16-14(10-15(20)11-6-2-1-3-7-11)18-12-8-4-5-9-13(12)19-16/h1-9H,10H2. The molecule has 0 saturated carbocycles. The lowest BCUT2D eigenvalue weighted by Gasteiger charge is -2.05. The minimum atomic E-state index is -0.0166. The molecule has 2 aromatic carbocycles. The highest BCUT2D eigenvalue weighted by atomic mass is 35.5. The average Bonchev–Trinajstić information content (AvgIpc) is 2.49. The number of carbonyl (C=O) groups is 1. The van der Waals surface area contributed by atoms with Crippen LogP contribution in [0.1, 0.15) is 16.1 Å². The number of fused-ring (bicyclic) bond motifs is 1. The Kier molecular flexibility index (Phi) is 3.44. The maximum atomic E-state index is 12.2. The van der Waals surface area contributed by atoms with Crippen LogP contribution in [0.15, 0.2) is 54.6 Å². The van der Waals surface area contributed by atoms with Gasteiger partial charge in [0.2, 0.25) is 0 Å². The topological polar surface area (TPSA) is 42.9 Å². The molecule has 20 heavy (non-hydrogen) atoms. The van der Waals surface area contributed by atoms with E-state index in [2.05, 4.69) is 9.97 Å². The monoisotopic (exact) mass is 282 g/mol. The van der Waals surface area contributed by atoms with E-state index >= 15 is 0 Å². The van der Waals surface area contributed by atoms with Gasteiger partial charge in [0.15, 0.2) is 10.9 Å². The molecule has 4 heteroatoms. The maximum absolute atomic E-state index is 12.2. The number of aromatic nitrogens is 2. The fraction of sp³-hybridized carbons (Fsp3) is 0.0625. The molecule has 98 valence electrons. The van der Waals surface area contributed by atoms with Crippen LogP contribution >= 0.6 is 11.6 Å². The van der Waals surface area contributed by atoms with Crippen molar-refractivity contribution in [1.29, 1.82) is 0 Å². The van der Waals surface area contributed by atoms with Crippen LogP contribution < -0.4 is 0 Å². The predicted octanol–water partition coefficient (Wildman–Crippen LogP) is 3.71. The third-order valence-corrected chi connectivity index (χ3v) is 3.32. The van der Waals surface area contributed by atoms with Crippen molar-refractivity contribution in [2.45, 2.75) is 6.42 Å². The first-order chi connectivity index (χ1) is 9.74. The quantitative estimate of drug-likeness (QED) is 0.688. The molecule has 0 atom stereocenters. The number of rotatable bonds is 3. The molecule has 3 nitrogen and oxygen atoms in total. The van der Waals surface area contributed by atoms with Crippen molar-refractivity contribution in [2.75, 3.05) is 0 Å². The van der Waals surface area contributed by atoms with E-state index in [0.29, 0.717) is 11.3 Å². The number of halogens is 1. The van der Waals surface area contributed by atoms with Gasteiger partial charge >= 0.3 is 0 Å². The van der Waals surface area contributed by atoms with Gasteiger partial charge in [0.25, 0.3) is 0 Å². The maximum Gasteiger partial charge on any atom is 0.168 e. The molecule has 0 amide bonds. The van der Waals surface area contributed by atoms with E-state index in [9.17, 15) is 4.79 Å². The van der Waals surface area contributed by atoms with Crippen molar-refractivity contribution in [1.82, 2.24) is 9.97 Å².